The maximum atomic E-state index is 12.6. The van der Waals surface area contributed by atoms with Crippen LogP contribution in [0.15, 0.2) is 24.3 Å². The van der Waals surface area contributed by atoms with E-state index in [1.807, 2.05) is 52.0 Å². The second-order valence-corrected chi connectivity index (χ2v) is 7.56. The van der Waals surface area contributed by atoms with Gasteiger partial charge >= 0.3 is 0 Å². The molecule has 1 aromatic heterocycles. The lowest BCUT2D eigenvalue weighted by molar-refractivity contribution is -0.122. The molecule has 0 bridgehead atoms. The summed E-state index contributed by atoms with van der Waals surface area (Å²) in [7, 11) is 1.66. The van der Waals surface area contributed by atoms with Gasteiger partial charge in [-0.2, -0.15) is 0 Å². The summed E-state index contributed by atoms with van der Waals surface area (Å²) in [5.74, 6) is -0.259. The predicted molar refractivity (Wildman–Crippen MR) is 91.4 cm³/mol. The van der Waals surface area contributed by atoms with Crippen molar-refractivity contribution >= 4 is 33.2 Å². The van der Waals surface area contributed by atoms with E-state index in [1.54, 1.807) is 7.05 Å². The Labute approximate surface area is 135 Å². The third kappa shape index (κ3) is 3.65. The van der Waals surface area contributed by atoms with E-state index in [0.29, 0.717) is 4.88 Å². The van der Waals surface area contributed by atoms with Crippen molar-refractivity contribution < 1.29 is 9.59 Å². The number of nitrogens with zero attached hydrogens (tertiary/aromatic N) is 1. The van der Waals surface area contributed by atoms with Gasteiger partial charge in [-0.25, -0.2) is 0 Å². The molecular weight excluding hydrogens is 296 g/mol. The van der Waals surface area contributed by atoms with E-state index >= 15 is 0 Å². The van der Waals surface area contributed by atoms with Crippen molar-refractivity contribution in [3.05, 3.63) is 34.7 Å². The number of hydrogen-bond donors (Lipinski definition) is 1. The Hall–Kier alpha value is -1.88. The molecule has 118 valence electrons. The first-order valence-electron chi connectivity index (χ1n) is 7.23. The van der Waals surface area contributed by atoms with Crippen molar-refractivity contribution in [2.24, 2.45) is 0 Å². The van der Waals surface area contributed by atoms with Crippen LogP contribution in [0.4, 0.5) is 0 Å². The number of aryl methyl sites for hydroxylation is 1. The largest absolute Gasteiger partial charge is 0.350 e. The van der Waals surface area contributed by atoms with Gasteiger partial charge in [-0.05, 0) is 44.7 Å². The summed E-state index contributed by atoms with van der Waals surface area (Å²) in [6.45, 7) is 7.77. The van der Waals surface area contributed by atoms with Crippen LogP contribution in [0.2, 0.25) is 0 Å². The topological polar surface area (TPSA) is 49.4 Å². The second-order valence-electron chi connectivity index (χ2n) is 6.51. The normalized spacial score (nSPS) is 11.5. The number of benzene rings is 1. The van der Waals surface area contributed by atoms with Gasteiger partial charge in [0.05, 0.1) is 11.4 Å². The van der Waals surface area contributed by atoms with Crippen molar-refractivity contribution in [1.29, 1.82) is 0 Å². The molecule has 0 aliphatic carbocycles. The number of carbonyl (C=O) groups is 2. The number of fused-ring (bicyclic) bond motifs is 1. The van der Waals surface area contributed by atoms with E-state index in [4.69, 9.17) is 0 Å². The van der Waals surface area contributed by atoms with E-state index in [1.165, 1.54) is 16.2 Å². The monoisotopic (exact) mass is 318 g/mol. The summed E-state index contributed by atoms with van der Waals surface area (Å²) in [6, 6.07) is 7.96. The number of likely N-dealkylation sites (N-methyl/N-ethyl adjacent to an activating group) is 1. The molecule has 0 radical (unpaired) electrons. The van der Waals surface area contributed by atoms with E-state index in [0.717, 1.165) is 15.6 Å². The van der Waals surface area contributed by atoms with Crippen molar-refractivity contribution in [3.8, 4) is 0 Å². The Bertz CT molecular complexity index is 713. The fourth-order valence-electron chi connectivity index (χ4n) is 2.30. The fourth-order valence-corrected chi connectivity index (χ4v) is 3.50. The highest BCUT2D eigenvalue weighted by atomic mass is 32.1. The molecule has 2 aromatic rings. The summed E-state index contributed by atoms with van der Waals surface area (Å²) in [5.41, 5.74) is 0.683. The third-order valence-electron chi connectivity index (χ3n) is 3.28. The Morgan fingerprint density at radius 2 is 1.86 bits per heavy atom. The summed E-state index contributed by atoms with van der Waals surface area (Å²) in [5, 5.41) is 3.97. The number of carbonyl (C=O) groups excluding carboxylic acids is 2. The SMILES string of the molecule is Cc1c(C(=O)N(C)CC(=O)NC(C)(C)C)sc2ccccc12. The number of thiophene rings is 1. The van der Waals surface area contributed by atoms with E-state index in [-0.39, 0.29) is 23.9 Å². The van der Waals surface area contributed by atoms with Crippen LogP contribution >= 0.6 is 11.3 Å². The van der Waals surface area contributed by atoms with Crippen LogP contribution in [0.3, 0.4) is 0 Å². The summed E-state index contributed by atoms with van der Waals surface area (Å²) < 4.78 is 1.09. The van der Waals surface area contributed by atoms with Gasteiger partial charge in [0.1, 0.15) is 0 Å². The molecule has 1 aromatic carbocycles. The van der Waals surface area contributed by atoms with Gasteiger partial charge < -0.3 is 10.2 Å². The van der Waals surface area contributed by atoms with Crippen LogP contribution in [0.25, 0.3) is 10.1 Å². The molecule has 22 heavy (non-hydrogen) atoms. The highest BCUT2D eigenvalue weighted by Crippen LogP contribution is 2.31. The zero-order valence-electron chi connectivity index (χ0n) is 13.7. The molecule has 0 aliphatic rings. The van der Waals surface area contributed by atoms with Gasteiger partial charge in [0.2, 0.25) is 5.91 Å². The lowest BCUT2D eigenvalue weighted by Gasteiger charge is -2.23. The molecule has 1 heterocycles. The minimum absolute atomic E-state index is 0.0593. The molecule has 0 fully saturated rings. The van der Waals surface area contributed by atoms with Crippen molar-refractivity contribution in [2.75, 3.05) is 13.6 Å². The molecule has 0 saturated heterocycles. The third-order valence-corrected chi connectivity index (χ3v) is 4.54. The Morgan fingerprint density at radius 3 is 2.45 bits per heavy atom. The van der Waals surface area contributed by atoms with Gasteiger partial charge in [-0.3, -0.25) is 9.59 Å². The molecule has 2 amide bonds. The van der Waals surface area contributed by atoms with Gasteiger partial charge in [-0.1, -0.05) is 18.2 Å². The van der Waals surface area contributed by atoms with Gasteiger partial charge in [0.25, 0.3) is 5.91 Å². The lowest BCUT2D eigenvalue weighted by Crippen LogP contribution is -2.46. The van der Waals surface area contributed by atoms with Crippen LogP contribution in [-0.4, -0.2) is 35.8 Å². The smallest absolute Gasteiger partial charge is 0.264 e. The standard InChI is InChI=1S/C17H22N2O2S/c1-11-12-8-6-7-9-13(12)22-15(11)16(21)19(5)10-14(20)18-17(2,3)4/h6-9H,10H2,1-5H3,(H,18,20). The molecule has 0 spiro atoms. The minimum atomic E-state index is -0.297. The first kappa shape index (κ1) is 16.5. The Kier molecular flexibility index (Phi) is 4.56. The summed E-state index contributed by atoms with van der Waals surface area (Å²) in [4.78, 5) is 26.7. The van der Waals surface area contributed by atoms with E-state index in [2.05, 4.69) is 5.32 Å². The Morgan fingerprint density at radius 1 is 1.23 bits per heavy atom. The fraction of sp³-hybridized carbons (Fsp3) is 0.412. The van der Waals surface area contributed by atoms with Crippen molar-refractivity contribution in [3.63, 3.8) is 0 Å². The highest BCUT2D eigenvalue weighted by molar-refractivity contribution is 7.21. The van der Waals surface area contributed by atoms with Crippen LogP contribution < -0.4 is 5.32 Å². The van der Waals surface area contributed by atoms with Gasteiger partial charge in [0, 0.05) is 17.3 Å². The average Bonchev–Trinajstić information content (AvgIpc) is 2.73. The van der Waals surface area contributed by atoms with Crippen molar-refractivity contribution in [1.82, 2.24) is 10.2 Å². The Balaban J connectivity index is 2.16. The molecule has 0 unspecified atom stereocenters. The van der Waals surface area contributed by atoms with Crippen LogP contribution in [0.1, 0.15) is 36.0 Å². The number of amides is 2. The summed E-state index contributed by atoms with van der Waals surface area (Å²) in [6.07, 6.45) is 0. The van der Waals surface area contributed by atoms with Crippen LogP contribution in [0, 0.1) is 6.92 Å². The van der Waals surface area contributed by atoms with Crippen molar-refractivity contribution in [2.45, 2.75) is 33.2 Å². The molecule has 0 atom stereocenters. The second kappa shape index (κ2) is 6.08. The number of nitrogens with one attached hydrogen (secondary N) is 1. The molecule has 1 N–H and O–H groups in total. The average molecular weight is 318 g/mol. The first-order chi connectivity index (χ1) is 10.2. The quantitative estimate of drug-likeness (QED) is 0.945. The zero-order chi connectivity index (χ0) is 16.5. The molecule has 0 aliphatic heterocycles. The lowest BCUT2D eigenvalue weighted by atomic mass is 10.1. The number of rotatable bonds is 3. The highest BCUT2D eigenvalue weighted by Gasteiger charge is 2.22. The molecule has 2 rings (SSSR count). The zero-order valence-corrected chi connectivity index (χ0v) is 14.5. The van der Waals surface area contributed by atoms with E-state index < -0.39 is 0 Å². The van der Waals surface area contributed by atoms with Gasteiger partial charge in [-0.15, -0.1) is 11.3 Å². The molecule has 5 heteroatoms. The van der Waals surface area contributed by atoms with Crippen LogP contribution in [0.5, 0.6) is 0 Å². The maximum absolute atomic E-state index is 12.6. The predicted octanol–water partition coefficient (Wildman–Crippen LogP) is 3.20. The first-order valence-corrected chi connectivity index (χ1v) is 8.05. The van der Waals surface area contributed by atoms with E-state index in [9.17, 15) is 9.59 Å². The van der Waals surface area contributed by atoms with Gasteiger partial charge in [0.15, 0.2) is 0 Å². The molecule has 4 nitrogen and oxygen atoms in total. The summed E-state index contributed by atoms with van der Waals surface area (Å²) >= 11 is 1.48. The van der Waals surface area contributed by atoms with Crippen LogP contribution in [-0.2, 0) is 4.79 Å². The minimum Gasteiger partial charge on any atom is -0.350 e. The molecule has 0 saturated carbocycles. The number of hydrogen-bond acceptors (Lipinski definition) is 3. The molecular formula is C17H22N2O2S. The maximum Gasteiger partial charge on any atom is 0.264 e.